The summed E-state index contributed by atoms with van der Waals surface area (Å²) < 4.78 is 35.3. The minimum Gasteiger partial charge on any atom is -0.384 e. The average molecular weight is 198 g/mol. The number of hydrogen-bond donors (Lipinski definition) is 1. The highest BCUT2D eigenvalue weighted by molar-refractivity contribution is 4.64. The van der Waals surface area contributed by atoms with Crippen LogP contribution in [-0.4, -0.2) is 17.4 Å². The molecule has 0 aliphatic heterocycles. The molecule has 0 amide bonds. The molecule has 0 heterocycles. The minimum absolute atomic E-state index is 0.160. The molecule has 0 saturated carbocycles. The van der Waals surface area contributed by atoms with Gasteiger partial charge in [-0.3, -0.25) is 0 Å². The molecule has 1 nitrogen and oxygen atoms in total. The summed E-state index contributed by atoms with van der Waals surface area (Å²) >= 11 is 0. The van der Waals surface area contributed by atoms with Gasteiger partial charge in [-0.05, 0) is 6.42 Å². The van der Waals surface area contributed by atoms with Crippen molar-refractivity contribution in [2.75, 3.05) is 0 Å². The lowest BCUT2D eigenvalue weighted by atomic mass is 10.1. The predicted octanol–water partition coefficient (Wildman–Crippen LogP) is 3.27. The van der Waals surface area contributed by atoms with Gasteiger partial charge < -0.3 is 5.11 Å². The first-order valence-corrected chi connectivity index (χ1v) is 4.73. The number of alkyl halides is 3. The molecular weight excluding hydrogens is 181 g/mol. The molecule has 0 spiro atoms. The standard InChI is InChI=1S/C9H17F3O/c1-2-3-4-5-6-7-8(13)9(10,11)12/h8,13H,2-7H2,1H3/t8-/m0/s1. The number of aliphatic hydroxyl groups excluding tert-OH is 1. The highest BCUT2D eigenvalue weighted by atomic mass is 19.4. The van der Waals surface area contributed by atoms with Gasteiger partial charge in [0.05, 0.1) is 0 Å². The van der Waals surface area contributed by atoms with Gasteiger partial charge in [0.25, 0.3) is 0 Å². The molecular formula is C9H17F3O. The van der Waals surface area contributed by atoms with E-state index in [2.05, 4.69) is 0 Å². The van der Waals surface area contributed by atoms with Crippen molar-refractivity contribution in [1.29, 1.82) is 0 Å². The van der Waals surface area contributed by atoms with Crippen molar-refractivity contribution in [2.45, 2.75) is 57.7 Å². The van der Waals surface area contributed by atoms with Crippen molar-refractivity contribution in [3.8, 4) is 0 Å². The van der Waals surface area contributed by atoms with Gasteiger partial charge in [0.15, 0.2) is 0 Å². The molecule has 0 aromatic carbocycles. The fourth-order valence-corrected chi connectivity index (χ4v) is 1.10. The first kappa shape index (κ1) is 12.8. The molecule has 80 valence electrons. The Kier molecular flexibility index (Phi) is 6.12. The van der Waals surface area contributed by atoms with E-state index in [-0.39, 0.29) is 6.42 Å². The Labute approximate surface area is 76.9 Å². The van der Waals surface area contributed by atoms with Crippen LogP contribution < -0.4 is 0 Å². The normalized spacial score (nSPS) is 14.5. The zero-order chi connectivity index (χ0) is 10.3. The summed E-state index contributed by atoms with van der Waals surface area (Å²) in [6.45, 7) is 2.05. The smallest absolute Gasteiger partial charge is 0.384 e. The third-order valence-electron chi connectivity index (χ3n) is 1.96. The summed E-state index contributed by atoms with van der Waals surface area (Å²) in [5, 5.41) is 8.62. The molecule has 0 aliphatic carbocycles. The number of hydrogen-bond acceptors (Lipinski definition) is 1. The van der Waals surface area contributed by atoms with Gasteiger partial charge in [0.1, 0.15) is 6.10 Å². The van der Waals surface area contributed by atoms with Crippen LogP contribution in [0.3, 0.4) is 0 Å². The summed E-state index contributed by atoms with van der Waals surface area (Å²) in [7, 11) is 0. The van der Waals surface area contributed by atoms with Crippen molar-refractivity contribution in [1.82, 2.24) is 0 Å². The zero-order valence-electron chi connectivity index (χ0n) is 7.90. The lowest BCUT2D eigenvalue weighted by Gasteiger charge is -2.13. The Morgan fingerprint density at radius 3 is 2.08 bits per heavy atom. The van der Waals surface area contributed by atoms with E-state index >= 15 is 0 Å². The Morgan fingerprint density at radius 2 is 1.62 bits per heavy atom. The van der Waals surface area contributed by atoms with Gasteiger partial charge in [0.2, 0.25) is 0 Å². The van der Waals surface area contributed by atoms with E-state index in [1.165, 1.54) is 0 Å². The van der Waals surface area contributed by atoms with Crippen LogP contribution in [-0.2, 0) is 0 Å². The molecule has 4 heteroatoms. The second-order valence-corrected chi connectivity index (χ2v) is 3.26. The molecule has 0 unspecified atom stereocenters. The summed E-state index contributed by atoms with van der Waals surface area (Å²) in [5.74, 6) is 0. The highest BCUT2D eigenvalue weighted by Crippen LogP contribution is 2.23. The summed E-state index contributed by atoms with van der Waals surface area (Å²) in [6, 6.07) is 0. The van der Waals surface area contributed by atoms with E-state index in [4.69, 9.17) is 5.11 Å². The van der Waals surface area contributed by atoms with Gasteiger partial charge in [-0.2, -0.15) is 13.2 Å². The van der Waals surface area contributed by atoms with Crippen LogP contribution in [0.15, 0.2) is 0 Å². The molecule has 0 aliphatic rings. The Bertz CT molecular complexity index is 123. The van der Waals surface area contributed by atoms with Crippen LogP contribution in [0.5, 0.6) is 0 Å². The first-order chi connectivity index (χ1) is 5.98. The van der Waals surface area contributed by atoms with Crippen LogP contribution in [0.2, 0.25) is 0 Å². The van der Waals surface area contributed by atoms with E-state index in [0.29, 0.717) is 6.42 Å². The quantitative estimate of drug-likeness (QED) is 0.649. The van der Waals surface area contributed by atoms with Crippen molar-refractivity contribution < 1.29 is 18.3 Å². The van der Waals surface area contributed by atoms with Crippen LogP contribution in [0.1, 0.15) is 45.4 Å². The Morgan fingerprint density at radius 1 is 1.08 bits per heavy atom. The number of unbranched alkanes of at least 4 members (excludes halogenated alkanes) is 4. The van der Waals surface area contributed by atoms with Gasteiger partial charge >= 0.3 is 6.18 Å². The molecule has 0 radical (unpaired) electrons. The van der Waals surface area contributed by atoms with Crippen LogP contribution in [0.25, 0.3) is 0 Å². The summed E-state index contributed by atoms with van der Waals surface area (Å²) in [6.07, 6.45) is -2.40. The van der Waals surface area contributed by atoms with E-state index in [9.17, 15) is 13.2 Å². The topological polar surface area (TPSA) is 20.2 Å². The lowest BCUT2D eigenvalue weighted by Crippen LogP contribution is -2.28. The molecule has 0 saturated heterocycles. The number of halogens is 3. The predicted molar refractivity (Wildman–Crippen MR) is 45.4 cm³/mol. The third-order valence-corrected chi connectivity index (χ3v) is 1.96. The lowest BCUT2D eigenvalue weighted by molar-refractivity contribution is -0.205. The minimum atomic E-state index is -4.44. The van der Waals surface area contributed by atoms with Gasteiger partial charge in [0, 0.05) is 0 Å². The SMILES string of the molecule is CCCCCCC[C@H](O)C(F)(F)F. The summed E-state index contributed by atoms with van der Waals surface area (Å²) in [5.41, 5.74) is 0. The largest absolute Gasteiger partial charge is 0.414 e. The van der Waals surface area contributed by atoms with Crippen LogP contribution in [0.4, 0.5) is 13.2 Å². The maximum absolute atomic E-state index is 11.8. The Balaban J connectivity index is 3.32. The molecule has 0 bridgehead atoms. The van der Waals surface area contributed by atoms with Gasteiger partial charge in [-0.1, -0.05) is 39.0 Å². The fourth-order valence-electron chi connectivity index (χ4n) is 1.10. The summed E-state index contributed by atoms with van der Waals surface area (Å²) in [4.78, 5) is 0. The molecule has 1 N–H and O–H groups in total. The van der Waals surface area contributed by atoms with Crippen LogP contribution >= 0.6 is 0 Å². The fraction of sp³-hybridized carbons (Fsp3) is 1.00. The molecule has 0 aromatic rings. The second kappa shape index (κ2) is 6.24. The van der Waals surface area contributed by atoms with Gasteiger partial charge in [-0.25, -0.2) is 0 Å². The second-order valence-electron chi connectivity index (χ2n) is 3.26. The number of rotatable bonds is 6. The third kappa shape index (κ3) is 6.87. The van der Waals surface area contributed by atoms with E-state index in [1.54, 1.807) is 0 Å². The van der Waals surface area contributed by atoms with Crippen molar-refractivity contribution in [3.05, 3.63) is 0 Å². The molecule has 1 atom stereocenters. The van der Waals surface area contributed by atoms with Crippen molar-refractivity contribution in [2.24, 2.45) is 0 Å². The monoisotopic (exact) mass is 198 g/mol. The molecule has 0 rings (SSSR count). The number of aliphatic hydroxyl groups is 1. The maximum atomic E-state index is 11.8. The first-order valence-electron chi connectivity index (χ1n) is 4.73. The van der Waals surface area contributed by atoms with E-state index < -0.39 is 12.3 Å². The Hall–Kier alpha value is -0.250. The molecule has 0 fully saturated rings. The van der Waals surface area contributed by atoms with E-state index in [1.807, 2.05) is 6.92 Å². The maximum Gasteiger partial charge on any atom is 0.414 e. The van der Waals surface area contributed by atoms with E-state index in [0.717, 1.165) is 25.7 Å². The average Bonchev–Trinajstić information content (AvgIpc) is 2.02. The molecule has 13 heavy (non-hydrogen) atoms. The highest BCUT2D eigenvalue weighted by Gasteiger charge is 2.37. The van der Waals surface area contributed by atoms with Gasteiger partial charge in [-0.15, -0.1) is 0 Å². The van der Waals surface area contributed by atoms with Crippen molar-refractivity contribution in [3.63, 3.8) is 0 Å². The van der Waals surface area contributed by atoms with Crippen LogP contribution in [0, 0.1) is 0 Å². The van der Waals surface area contributed by atoms with Crippen molar-refractivity contribution >= 4 is 0 Å². The zero-order valence-corrected chi connectivity index (χ0v) is 7.90. The molecule has 0 aromatic heterocycles.